The maximum atomic E-state index is 5.71. The molecule has 0 saturated heterocycles. The van der Waals surface area contributed by atoms with Crippen molar-refractivity contribution in [2.24, 2.45) is 0 Å². The first-order valence-corrected chi connectivity index (χ1v) is 5.88. The van der Waals surface area contributed by atoms with E-state index >= 15 is 0 Å². The maximum Gasteiger partial charge on any atom is 0.245 e. The van der Waals surface area contributed by atoms with Crippen LogP contribution in [0.2, 0.25) is 0 Å². The van der Waals surface area contributed by atoms with Crippen LogP contribution in [0.4, 0.5) is 0 Å². The Bertz CT molecular complexity index is 660. The van der Waals surface area contributed by atoms with E-state index < -0.39 is 0 Å². The van der Waals surface area contributed by atoms with Gasteiger partial charge in [-0.1, -0.05) is 6.07 Å². The summed E-state index contributed by atoms with van der Waals surface area (Å²) in [6.07, 6.45) is 3.42. The van der Waals surface area contributed by atoms with E-state index in [1.165, 1.54) is 0 Å². The van der Waals surface area contributed by atoms with Gasteiger partial charge < -0.3 is 9.15 Å². The van der Waals surface area contributed by atoms with Gasteiger partial charge in [0.05, 0.1) is 13.3 Å². The molecule has 0 aliphatic carbocycles. The zero-order chi connectivity index (χ0) is 13.1. The quantitative estimate of drug-likeness (QED) is 0.716. The van der Waals surface area contributed by atoms with E-state index in [0.29, 0.717) is 11.7 Å². The first-order valence-electron chi connectivity index (χ1n) is 5.88. The van der Waals surface area contributed by atoms with Crippen molar-refractivity contribution in [1.29, 1.82) is 0 Å². The molecule has 0 spiro atoms. The second-order valence-electron chi connectivity index (χ2n) is 3.97. The highest BCUT2D eigenvalue weighted by atomic mass is 16.5. The molecule has 4 nitrogen and oxygen atoms in total. The Morgan fingerprint density at radius 2 is 1.84 bits per heavy atom. The summed E-state index contributed by atoms with van der Waals surface area (Å²) in [4.78, 5) is 8.45. The molecule has 0 radical (unpaired) electrons. The van der Waals surface area contributed by atoms with Crippen molar-refractivity contribution in [3.8, 4) is 28.7 Å². The van der Waals surface area contributed by atoms with Crippen LogP contribution in [0.3, 0.4) is 0 Å². The van der Waals surface area contributed by atoms with Crippen molar-refractivity contribution < 1.29 is 9.15 Å². The van der Waals surface area contributed by atoms with Gasteiger partial charge in [0.1, 0.15) is 11.4 Å². The fraction of sp³-hybridized carbons (Fsp3) is 0.0667. The molecule has 0 fully saturated rings. The lowest BCUT2D eigenvalue weighted by molar-refractivity contribution is 0.415. The third-order valence-corrected chi connectivity index (χ3v) is 2.76. The zero-order valence-electron chi connectivity index (χ0n) is 10.4. The van der Waals surface area contributed by atoms with E-state index in [-0.39, 0.29) is 0 Å². The van der Waals surface area contributed by atoms with Crippen LogP contribution in [0.1, 0.15) is 0 Å². The summed E-state index contributed by atoms with van der Waals surface area (Å²) in [6.45, 7) is 0. The molecule has 0 N–H and O–H groups in total. The summed E-state index contributed by atoms with van der Waals surface area (Å²) in [5.74, 6) is 2.04. The molecule has 2 aromatic heterocycles. The van der Waals surface area contributed by atoms with Gasteiger partial charge in [-0.25, -0.2) is 4.98 Å². The van der Waals surface area contributed by atoms with Crippen molar-refractivity contribution in [3.05, 3.63) is 54.9 Å². The summed E-state index contributed by atoms with van der Waals surface area (Å²) in [5.41, 5.74) is 1.68. The maximum absolute atomic E-state index is 5.71. The molecule has 94 valence electrons. The summed E-state index contributed by atoms with van der Waals surface area (Å²) in [6, 6.07) is 13.3. The summed E-state index contributed by atoms with van der Waals surface area (Å²) in [7, 11) is 1.64. The van der Waals surface area contributed by atoms with E-state index in [0.717, 1.165) is 17.0 Å². The molecular formula is C15H12N2O2. The second kappa shape index (κ2) is 4.94. The lowest BCUT2D eigenvalue weighted by atomic mass is 10.2. The molecule has 19 heavy (non-hydrogen) atoms. The van der Waals surface area contributed by atoms with Crippen molar-refractivity contribution in [2.75, 3.05) is 7.11 Å². The average Bonchev–Trinajstić information content (AvgIpc) is 2.98. The number of benzene rings is 1. The lowest BCUT2D eigenvalue weighted by Crippen LogP contribution is -1.81. The third-order valence-electron chi connectivity index (χ3n) is 2.76. The van der Waals surface area contributed by atoms with Gasteiger partial charge in [0.15, 0.2) is 5.76 Å². The first kappa shape index (κ1) is 11.5. The highest BCUT2D eigenvalue weighted by Crippen LogP contribution is 2.26. The molecule has 0 saturated carbocycles. The number of ether oxygens (including phenoxy) is 1. The Hall–Kier alpha value is -2.62. The molecular weight excluding hydrogens is 240 g/mol. The predicted molar refractivity (Wildman–Crippen MR) is 71.7 cm³/mol. The first-order chi connectivity index (χ1) is 9.36. The van der Waals surface area contributed by atoms with Crippen molar-refractivity contribution >= 4 is 0 Å². The smallest absolute Gasteiger partial charge is 0.245 e. The Kier molecular flexibility index (Phi) is 2.98. The standard InChI is InChI=1S/C15H12N2O2/c1-18-12-7-5-11(6-8-12)14-10-17-15(19-14)13-4-2-3-9-16-13/h2-10H,1H3. The summed E-state index contributed by atoms with van der Waals surface area (Å²) < 4.78 is 10.8. The molecule has 0 atom stereocenters. The van der Waals surface area contributed by atoms with E-state index in [4.69, 9.17) is 9.15 Å². The number of rotatable bonds is 3. The Morgan fingerprint density at radius 1 is 1.00 bits per heavy atom. The van der Waals surface area contributed by atoms with Gasteiger partial charge in [0, 0.05) is 11.8 Å². The molecule has 3 rings (SSSR count). The minimum absolute atomic E-state index is 0.520. The van der Waals surface area contributed by atoms with Crippen LogP contribution < -0.4 is 4.74 Å². The van der Waals surface area contributed by atoms with E-state index in [2.05, 4.69) is 9.97 Å². The van der Waals surface area contributed by atoms with Crippen LogP contribution in [0, 0.1) is 0 Å². The van der Waals surface area contributed by atoms with E-state index in [1.54, 1.807) is 19.5 Å². The largest absolute Gasteiger partial charge is 0.497 e. The third kappa shape index (κ3) is 2.33. The molecule has 3 aromatic rings. The van der Waals surface area contributed by atoms with Crippen LogP contribution in [0.25, 0.3) is 22.9 Å². The topological polar surface area (TPSA) is 48.2 Å². The molecule has 4 heteroatoms. The van der Waals surface area contributed by atoms with Crippen LogP contribution in [0.5, 0.6) is 5.75 Å². The molecule has 0 aliphatic heterocycles. The minimum Gasteiger partial charge on any atom is -0.497 e. The molecule has 0 unspecified atom stereocenters. The monoisotopic (exact) mass is 252 g/mol. The van der Waals surface area contributed by atoms with Crippen LogP contribution >= 0.6 is 0 Å². The second-order valence-corrected chi connectivity index (χ2v) is 3.97. The number of oxazole rings is 1. The molecule has 0 bridgehead atoms. The Labute approximate surface area is 110 Å². The zero-order valence-corrected chi connectivity index (χ0v) is 10.4. The fourth-order valence-corrected chi connectivity index (χ4v) is 1.77. The predicted octanol–water partition coefficient (Wildman–Crippen LogP) is 3.41. The number of hydrogen-bond acceptors (Lipinski definition) is 4. The molecule has 2 heterocycles. The van der Waals surface area contributed by atoms with Gasteiger partial charge in [-0.15, -0.1) is 0 Å². The lowest BCUT2D eigenvalue weighted by Gasteiger charge is -2.00. The molecule has 0 amide bonds. The average molecular weight is 252 g/mol. The fourth-order valence-electron chi connectivity index (χ4n) is 1.77. The minimum atomic E-state index is 0.520. The Morgan fingerprint density at radius 3 is 2.53 bits per heavy atom. The highest BCUT2D eigenvalue weighted by Gasteiger charge is 2.08. The van der Waals surface area contributed by atoms with Gasteiger partial charge in [-0.2, -0.15) is 0 Å². The number of hydrogen-bond donors (Lipinski definition) is 0. The Balaban J connectivity index is 1.92. The number of pyridine rings is 1. The number of nitrogens with zero attached hydrogens (tertiary/aromatic N) is 2. The SMILES string of the molecule is COc1ccc(-c2cnc(-c3ccccn3)o2)cc1. The normalized spacial score (nSPS) is 10.4. The van der Waals surface area contributed by atoms with Crippen molar-refractivity contribution in [1.82, 2.24) is 9.97 Å². The van der Waals surface area contributed by atoms with Crippen molar-refractivity contribution in [2.45, 2.75) is 0 Å². The van der Waals surface area contributed by atoms with Gasteiger partial charge in [0.25, 0.3) is 0 Å². The molecule has 0 aliphatic rings. The van der Waals surface area contributed by atoms with Crippen molar-refractivity contribution in [3.63, 3.8) is 0 Å². The van der Waals surface area contributed by atoms with Crippen LogP contribution in [-0.2, 0) is 0 Å². The highest BCUT2D eigenvalue weighted by molar-refractivity contribution is 5.60. The van der Waals surface area contributed by atoms with Gasteiger partial charge in [0.2, 0.25) is 5.89 Å². The molecule has 1 aromatic carbocycles. The number of methoxy groups -OCH3 is 1. The van der Waals surface area contributed by atoms with Crippen LogP contribution in [-0.4, -0.2) is 17.1 Å². The number of aromatic nitrogens is 2. The van der Waals surface area contributed by atoms with Gasteiger partial charge >= 0.3 is 0 Å². The van der Waals surface area contributed by atoms with Gasteiger partial charge in [-0.05, 0) is 36.4 Å². The summed E-state index contributed by atoms with van der Waals surface area (Å²) in [5, 5.41) is 0. The van der Waals surface area contributed by atoms with Crippen LogP contribution in [0.15, 0.2) is 59.3 Å². The summed E-state index contributed by atoms with van der Waals surface area (Å²) >= 11 is 0. The van der Waals surface area contributed by atoms with Gasteiger partial charge in [-0.3, -0.25) is 4.98 Å². The van der Waals surface area contributed by atoms with E-state index in [9.17, 15) is 0 Å². The van der Waals surface area contributed by atoms with E-state index in [1.807, 2.05) is 42.5 Å².